The summed E-state index contributed by atoms with van der Waals surface area (Å²) in [6, 6.07) is 12.3. The van der Waals surface area contributed by atoms with Crippen LogP contribution in [0.5, 0.6) is 5.75 Å². The van der Waals surface area contributed by atoms with Crippen LogP contribution in [0.25, 0.3) is 0 Å². The molecule has 0 aliphatic heterocycles. The number of nitrogens with one attached hydrogen (secondary N) is 1. The van der Waals surface area contributed by atoms with E-state index in [-0.39, 0.29) is 35.8 Å². The quantitative estimate of drug-likeness (QED) is 0.502. The summed E-state index contributed by atoms with van der Waals surface area (Å²) >= 11 is 0. The summed E-state index contributed by atoms with van der Waals surface area (Å²) in [6.07, 6.45) is 0. The van der Waals surface area contributed by atoms with E-state index < -0.39 is 4.92 Å². The number of anilines is 3. The van der Waals surface area contributed by atoms with Gasteiger partial charge in [-0.05, 0) is 37.1 Å². The highest BCUT2D eigenvalue weighted by Crippen LogP contribution is 2.28. The van der Waals surface area contributed by atoms with E-state index in [0.717, 1.165) is 16.8 Å². The molecule has 0 bridgehead atoms. The molecule has 0 saturated carbocycles. The molecule has 1 aromatic heterocycles. The predicted molar refractivity (Wildman–Crippen MR) is 101 cm³/mol. The fraction of sp³-hybridized carbons (Fsp3) is 0.167. The average molecular weight is 366 g/mol. The number of para-hydroxylation sites is 1. The Kier molecular flexibility index (Phi) is 5.11. The summed E-state index contributed by atoms with van der Waals surface area (Å²) in [7, 11) is 0. The van der Waals surface area contributed by atoms with Gasteiger partial charge in [-0.1, -0.05) is 24.3 Å². The van der Waals surface area contributed by atoms with Crippen LogP contribution in [-0.4, -0.2) is 19.9 Å². The molecule has 138 valence electrons. The second kappa shape index (κ2) is 7.65. The normalized spacial score (nSPS) is 10.4. The highest BCUT2D eigenvalue weighted by molar-refractivity contribution is 5.58. The summed E-state index contributed by atoms with van der Waals surface area (Å²) in [4.78, 5) is 23.0. The van der Waals surface area contributed by atoms with Crippen LogP contribution in [0.4, 0.5) is 23.3 Å². The first kappa shape index (κ1) is 18.1. The van der Waals surface area contributed by atoms with E-state index >= 15 is 0 Å². The maximum atomic E-state index is 11.1. The first-order valence-electron chi connectivity index (χ1n) is 8.13. The fourth-order valence-electron chi connectivity index (χ4n) is 2.42. The predicted octanol–water partition coefficient (Wildman–Crippen LogP) is 3.30. The van der Waals surface area contributed by atoms with Crippen molar-refractivity contribution in [2.75, 3.05) is 11.1 Å². The summed E-state index contributed by atoms with van der Waals surface area (Å²) in [5, 5.41) is 14.2. The van der Waals surface area contributed by atoms with Gasteiger partial charge in [0.05, 0.1) is 4.92 Å². The third-order valence-electron chi connectivity index (χ3n) is 3.76. The Morgan fingerprint density at radius 1 is 1.15 bits per heavy atom. The number of hydrogen-bond donors (Lipinski definition) is 2. The number of benzene rings is 2. The Balaban J connectivity index is 1.80. The Morgan fingerprint density at radius 2 is 1.93 bits per heavy atom. The molecule has 0 amide bonds. The number of nitro groups is 1. The minimum atomic E-state index is -0.498. The monoisotopic (exact) mass is 366 g/mol. The van der Waals surface area contributed by atoms with Crippen molar-refractivity contribution in [3.63, 3.8) is 0 Å². The molecule has 1 heterocycles. The molecule has 3 aromatic rings. The van der Waals surface area contributed by atoms with Gasteiger partial charge in [0.25, 0.3) is 0 Å². The highest BCUT2D eigenvalue weighted by atomic mass is 16.6. The number of hydrogen-bond acceptors (Lipinski definition) is 8. The van der Waals surface area contributed by atoms with Gasteiger partial charge < -0.3 is 15.8 Å². The van der Waals surface area contributed by atoms with E-state index in [2.05, 4.69) is 20.3 Å². The first-order chi connectivity index (χ1) is 12.9. The zero-order valence-electron chi connectivity index (χ0n) is 14.8. The molecular weight excluding hydrogens is 348 g/mol. The maximum absolute atomic E-state index is 11.1. The van der Waals surface area contributed by atoms with Crippen LogP contribution in [-0.2, 0) is 6.61 Å². The van der Waals surface area contributed by atoms with Crippen LogP contribution < -0.4 is 15.8 Å². The van der Waals surface area contributed by atoms with Gasteiger partial charge in [-0.3, -0.25) is 10.1 Å². The van der Waals surface area contributed by atoms with Gasteiger partial charge in [-0.2, -0.15) is 15.0 Å². The van der Waals surface area contributed by atoms with E-state index in [0.29, 0.717) is 0 Å². The highest BCUT2D eigenvalue weighted by Gasteiger charge is 2.16. The second-order valence-electron chi connectivity index (χ2n) is 5.89. The smallest absolute Gasteiger partial charge is 0.310 e. The van der Waals surface area contributed by atoms with Crippen LogP contribution in [0.1, 0.15) is 17.0 Å². The summed E-state index contributed by atoms with van der Waals surface area (Å²) in [5.74, 6) is 0.703. The molecule has 9 nitrogen and oxygen atoms in total. The molecule has 0 unspecified atom stereocenters. The third kappa shape index (κ3) is 4.46. The van der Waals surface area contributed by atoms with Gasteiger partial charge in [0.2, 0.25) is 11.9 Å². The van der Waals surface area contributed by atoms with Gasteiger partial charge in [0.15, 0.2) is 11.6 Å². The van der Waals surface area contributed by atoms with Crippen molar-refractivity contribution in [2.24, 2.45) is 0 Å². The summed E-state index contributed by atoms with van der Waals surface area (Å²) < 4.78 is 5.57. The number of aromatic nitrogens is 3. The summed E-state index contributed by atoms with van der Waals surface area (Å²) in [6.45, 7) is 3.69. The van der Waals surface area contributed by atoms with Crippen molar-refractivity contribution in [1.82, 2.24) is 15.0 Å². The molecule has 0 saturated heterocycles. The fourth-order valence-corrected chi connectivity index (χ4v) is 2.42. The van der Waals surface area contributed by atoms with Gasteiger partial charge in [-0.25, -0.2) is 0 Å². The largest absolute Gasteiger partial charge is 0.479 e. The minimum absolute atomic E-state index is 0.0263. The number of nitrogens with zero attached hydrogens (tertiary/aromatic N) is 4. The molecule has 9 heteroatoms. The molecule has 27 heavy (non-hydrogen) atoms. The zero-order valence-corrected chi connectivity index (χ0v) is 14.8. The lowest BCUT2D eigenvalue weighted by Crippen LogP contribution is -2.10. The summed E-state index contributed by atoms with van der Waals surface area (Å²) in [5.41, 5.74) is 8.33. The van der Waals surface area contributed by atoms with Crippen LogP contribution in [0.3, 0.4) is 0 Å². The van der Waals surface area contributed by atoms with Crippen molar-refractivity contribution in [3.05, 3.63) is 69.5 Å². The Bertz CT molecular complexity index is 993. The molecule has 0 fully saturated rings. The van der Waals surface area contributed by atoms with E-state index in [1.165, 1.54) is 6.07 Å². The lowest BCUT2D eigenvalue weighted by molar-refractivity contribution is -0.386. The molecule has 0 aliphatic rings. The van der Waals surface area contributed by atoms with E-state index in [4.69, 9.17) is 10.5 Å². The van der Waals surface area contributed by atoms with Gasteiger partial charge in [-0.15, -0.1) is 0 Å². The van der Waals surface area contributed by atoms with Crippen LogP contribution >= 0.6 is 0 Å². The maximum Gasteiger partial charge on any atom is 0.310 e. The number of nitrogens with two attached hydrogens (primary N) is 1. The zero-order chi connectivity index (χ0) is 19.4. The van der Waals surface area contributed by atoms with Crippen molar-refractivity contribution in [3.8, 4) is 5.75 Å². The van der Waals surface area contributed by atoms with Crippen molar-refractivity contribution >= 4 is 23.3 Å². The van der Waals surface area contributed by atoms with Gasteiger partial charge in [0, 0.05) is 11.8 Å². The number of ether oxygens (including phenoxy) is 1. The Morgan fingerprint density at radius 3 is 2.67 bits per heavy atom. The third-order valence-corrected chi connectivity index (χ3v) is 3.76. The Labute approximate surface area is 155 Å². The average Bonchev–Trinajstić information content (AvgIpc) is 2.61. The van der Waals surface area contributed by atoms with Gasteiger partial charge >= 0.3 is 5.69 Å². The van der Waals surface area contributed by atoms with Crippen molar-refractivity contribution in [2.45, 2.75) is 20.5 Å². The molecule has 0 aliphatic carbocycles. The van der Waals surface area contributed by atoms with Crippen molar-refractivity contribution < 1.29 is 9.66 Å². The lowest BCUT2D eigenvalue weighted by atomic mass is 10.2. The first-order valence-corrected chi connectivity index (χ1v) is 8.13. The molecule has 3 N–H and O–H groups in total. The number of nitrogen functional groups attached to an aromatic ring is 1. The molecule has 0 radical (unpaired) electrons. The molecule has 2 aromatic carbocycles. The van der Waals surface area contributed by atoms with Crippen LogP contribution in [0.2, 0.25) is 0 Å². The molecule has 0 atom stereocenters. The molecule has 0 spiro atoms. The van der Waals surface area contributed by atoms with Crippen LogP contribution in [0.15, 0.2) is 42.5 Å². The number of rotatable bonds is 6. The van der Waals surface area contributed by atoms with E-state index in [1.54, 1.807) is 12.1 Å². The van der Waals surface area contributed by atoms with Crippen molar-refractivity contribution in [1.29, 1.82) is 0 Å². The van der Waals surface area contributed by atoms with E-state index in [1.807, 2.05) is 38.1 Å². The number of aryl methyl sites for hydroxylation is 2. The lowest BCUT2D eigenvalue weighted by Gasteiger charge is -2.10. The minimum Gasteiger partial charge on any atom is -0.479 e. The van der Waals surface area contributed by atoms with E-state index in [9.17, 15) is 10.1 Å². The second-order valence-corrected chi connectivity index (χ2v) is 5.89. The Hall–Kier alpha value is -3.75. The van der Waals surface area contributed by atoms with Crippen LogP contribution in [0, 0.1) is 24.0 Å². The standard InChI is InChI=1S/C18H18N6O3/c1-11-7-8-14(24(25)26)15(9-11)27-10-16-21-17(19)23-18(22-16)20-13-6-4-3-5-12(13)2/h3-9H,10H2,1-2H3,(H3,19,20,21,22,23). The van der Waals surface area contributed by atoms with Gasteiger partial charge in [0.1, 0.15) is 6.61 Å². The molecular formula is C18H18N6O3. The SMILES string of the molecule is Cc1ccc([N+](=O)[O-])c(OCc2nc(N)nc(Nc3ccccc3C)n2)c1. The molecule has 3 rings (SSSR count). The number of nitro benzene ring substituents is 1. The topological polar surface area (TPSA) is 129 Å².